The first-order chi connectivity index (χ1) is 16.9. The maximum atomic E-state index is 13.0. The van der Waals surface area contributed by atoms with E-state index in [1.807, 2.05) is 19.1 Å². The van der Waals surface area contributed by atoms with Crippen LogP contribution < -0.4 is 20.1 Å². The highest BCUT2D eigenvalue weighted by Crippen LogP contribution is 2.33. The van der Waals surface area contributed by atoms with Crippen molar-refractivity contribution in [2.45, 2.75) is 36.3 Å². The molecule has 1 aliphatic rings. The van der Waals surface area contributed by atoms with Gasteiger partial charge in [0.2, 0.25) is 11.8 Å². The summed E-state index contributed by atoms with van der Waals surface area (Å²) in [5.41, 5.74) is 1.11. The topological polar surface area (TPSA) is 114 Å². The number of hydrogen-bond donors (Lipinski definition) is 3. The molecule has 186 valence electrons. The summed E-state index contributed by atoms with van der Waals surface area (Å²) in [6.45, 7) is 1.93. The second-order valence-corrected chi connectivity index (χ2v) is 9.36. The van der Waals surface area contributed by atoms with E-state index >= 15 is 0 Å². The molecular formula is C26H30N2O6S. The van der Waals surface area contributed by atoms with Crippen molar-refractivity contribution in [3.8, 4) is 11.5 Å². The Morgan fingerprint density at radius 2 is 1.77 bits per heavy atom. The molecular weight excluding hydrogens is 468 g/mol. The summed E-state index contributed by atoms with van der Waals surface area (Å²) in [6.07, 6.45) is 4.97. The third-order valence-electron chi connectivity index (χ3n) is 5.80. The zero-order valence-electron chi connectivity index (χ0n) is 19.9. The third kappa shape index (κ3) is 6.79. The number of aliphatic carboxylic acids is 1. The summed E-state index contributed by atoms with van der Waals surface area (Å²) in [6, 6.07) is 12.4. The fourth-order valence-electron chi connectivity index (χ4n) is 3.86. The lowest BCUT2D eigenvalue weighted by molar-refractivity contribution is -0.146. The van der Waals surface area contributed by atoms with Crippen molar-refractivity contribution >= 4 is 40.9 Å². The van der Waals surface area contributed by atoms with Gasteiger partial charge in [0.15, 0.2) is 0 Å². The first-order valence-electron chi connectivity index (χ1n) is 11.3. The fourth-order valence-corrected chi connectivity index (χ4v) is 4.87. The van der Waals surface area contributed by atoms with Gasteiger partial charge in [-0.15, -0.1) is 11.8 Å². The van der Waals surface area contributed by atoms with E-state index in [2.05, 4.69) is 10.6 Å². The Hall–Kier alpha value is -3.46. The molecule has 1 aliphatic carbocycles. The molecule has 0 radical (unpaired) electrons. The minimum atomic E-state index is -0.968. The summed E-state index contributed by atoms with van der Waals surface area (Å²) >= 11 is 1.39. The molecule has 2 aromatic carbocycles. The Morgan fingerprint density at radius 1 is 1.03 bits per heavy atom. The summed E-state index contributed by atoms with van der Waals surface area (Å²) < 4.78 is 10.6. The van der Waals surface area contributed by atoms with E-state index in [4.69, 9.17) is 9.47 Å². The standard InChI is InChI=1S/C26H30N2O6S/c1-4-23(25(30)28-21-13-12-17(33-2)15-22(21)34-3)35-18-9-7-8-16(14-18)27-24(29)19-10-5-6-11-20(19)26(31)32/h5-9,12-15,19-20,23H,4,10-11H2,1-3H3,(H,27,29)(H,28,30)(H,31,32). The van der Waals surface area contributed by atoms with E-state index in [9.17, 15) is 19.5 Å². The average molecular weight is 499 g/mol. The summed E-state index contributed by atoms with van der Waals surface area (Å²) in [7, 11) is 3.09. The molecule has 8 nitrogen and oxygen atoms in total. The van der Waals surface area contributed by atoms with Crippen molar-refractivity contribution in [2.24, 2.45) is 11.8 Å². The molecule has 0 aliphatic heterocycles. The zero-order valence-corrected chi connectivity index (χ0v) is 20.8. The highest BCUT2D eigenvalue weighted by atomic mass is 32.2. The highest BCUT2D eigenvalue weighted by molar-refractivity contribution is 8.00. The molecule has 35 heavy (non-hydrogen) atoms. The number of allylic oxidation sites excluding steroid dienone is 2. The van der Waals surface area contributed by atoms with Crippen LogP contribution in [0.25, 0.3) is 0 Å². The Bertz CT molecular complexity index is 1100. The van der Waals surface area contributed by atoms with Crippen LogP contribution in [-0.2, 0) is 14.4 Å². The quantitative estimate of drug-likeness (QED) is 0.318. The lowest BCUT2D eigenvalue weighted by Gasteiger charge is -2.24. The van der Waals surface area contributed by atoms with Crippen molar-refractivity contribution < 1.29 is 29.0 Å². The SMILES string of the molecule is CCC(Sc1cccc(NC(=O)C2CC=CCC2C(=O)O)c1)C(=O)Nc1ccc(OC)cc1OC. The van der Waals surface area contributed by atoms with Crippen LogP contribution in [0, 0.1) is 11.8 Å². The molecule has 0 aromatic heterocycles. The molecule has 3 N–H and O–H groups in total. The highest BCUT2D eigenvalue weighted by Gasteiger charge is 2.34. The molecule has 3 rings (SSSR count). The van der Waals surface area contributed by atoms with E-state index in [0.29, 0.717) is 42.1 Å². The van der Waals surface area contributed by atoms with Crippen molar-refractivity contribution in [1.29, 1.82) is 0 Å². The summed E-state index contributed by atoms with van der Waals surface area (Å²) in [5.74, 6) is -1.69. The normalized spacial score (nSPS) is 17.8. The van der Waals surface area contributed by atoms with E-state index in [1.54, 1.807) is 49.6 Å². The van der Waals surface area contributed by atoms with E-state index in [1.165, 1.54) is 18.9 Å². The molecule has 0 saturated carbocycles. The second-order valence-electron chi connectivity index (χ2n) is 8.08. The number of nitrogens with one attached hydrogen (secondary N) is 2. The number of carbonyl (C=O) groups is 3. The Labute approximate surface area is 209 Å². The van der Waals surface area contributed by atoms with Gasteiger partial charge < -0.3 is 25.2 Å². The second kappa shape index (κ2) is 12.3. The van der Waals surface area contributed by atoms with Gasteiger partial charge in [0.1, 0.15) is 11.5 Å². The van der Waals surface area contributed by atoms with Gasteiger partial charge in [-0.05, 0) is 49.6 Å². The summed E-state index contributed by atoms with van der Waals surface area (Å²) in [4.78, 5) is 38.1. The molecule has 3 unspecified atom stereocenters. The Balaban J connectivity index is 1.67. The van der Waals surface area contributed by atoms with Crippen LogP contribution >= 0.6 is 11.8 Å². The largest absolute Gasteiger partial charge is 0.497 e. The van der Waals surface area contributed by atoms with Crippen molar-refractivity contribution in [3.63, 3.8) is 0 Å². The van der Waals surface area contributed by atoms with Crippen molar-refractivity contribution in [1.82, 2.24) is 0 Å². The van der Waals surface area contributed by atoms with Gasteiger partial charge in [0, 0.05) is 16.6 Å². The maximum Gasteiger partial charge on any atom is 0.307 e. The van der Waals surface area contributed by atoms with Crippen molar-refractivity contribution in [3.05, 3.63) is 54.6 Å². The molecule has 2 aromatic rings. The van der Waals surface area contributed by atoms with Crippen LogP contribution in [-0.4, -0.2) is 42.4 Å². The number of anilines is 2. The molecule has 0 fully saturated rings. The molecule has 0 saturated heterocycles. The number of thioether (sulfide) groups is 1. The number of hydrogen-bond acceptors (Lipinski definition) is 6. The third-order valence-corrected chi connectivity index (χ3v) is 7.15. The molecule has 3 atom stereocenters. The van der Waals surface area contributed by atoms with Crippen LogP contribution in [0.3, 0.4) is 0 Å². The van der Waals surface area contributed by atoms with Crippen LogP contribution in [0.1, 0.15) is 26.2 Å². The van der Waals surface area contributed by atoms with E-state index < -0.39 is 17.8 Å². The maximum absolute atomic E-state index is 13.0. The number of carbonyl (C=O) groups excluding carboxylic acids is 2. The van der Waals surface area contributed by atoms with Crippen LogP contribution in [0.5, 0.6) is 11.5 Å². The Kier molecular flexibility index (Phi) is 9.19. The molecule has 0 spiro atoms. The van der Waals surface area contributed by atoms with Gasteiger partial charge in [0.25, 0.3) is 0 Å². The van der Waals surface area contributed by atoms with Gasteiger partial charge in [-0.1, -0.05) is 25.1 Å². The molecule has 2 amide bonds. The number of benzene rings is 2. The smallest absolute Gasteiger partial charge is 0.307 e. The van der Waals surface area contributed by atoms with Crippen LogP contribution in [0.2, 0.25) is 0 Å². The lowest BCUT2D eigenvalue weighted by atomic mass is 9.82. The first kappa shape index (κ1) is 26.2. The number of methoxy groups -OCH3 is 2. The van der Waals surface area contributed by atoms with E-state index in [0.717, 1.165) is 4.90 Å². The van der Waals surface area contributed by atoms with Gasteiger partial charge in [-0.3, -0.25) is 14.4 Å². The van der Waals surface area contributed by atoms with E-state index in [-0.39, 0.29) is 17.1 Å². The van der Waals surface area contributed by atoms with Gasteiger partial charge in [0.05, 0.1) is 37.0 Å². The monoisotopic (exact) mass is 498 g/mol. The average Bonchev–Trinajstić information content (AvgIpc) is 2.87. The molecule has 9 heteroatoms. The minimum absolute atomic E-state index is 0.173. The van der Waals surface area contributed by atoms with Crippen LogP contribution in [0.15, 0.2) is 59.5 Å². The number of carboxylic acid groups (broad SMARTS) is 1. The lowest BCUT2D eigenvalue weighted by Crippen LogP contribution is -2.34. The zero-order chi connectivity index (χ0) is 25.4. The number of carboxylic acids is 1. The van der Waals surface area contributed by atoms with Gasteiger partial charge >= 0.3 is 5.97 Å². The fraction of sp³-hybridized carbons (Fsp3) is 0.346. The van der Waals surface area contributed by atoms with Crippen LogP contribution in [0.4, 0.5) is 11.4 Å². The van der Waals surface area contributed by atoms with Crippen molar-refractivity contribution in [2.75, 3.05) is 24.9 Å². The predicted octanol–water partition coefficient (Wildman–Crippen LogP) is 4.82. The number of amides is 2. The number of ether oxygens (including phenoxy) is 2. The summed E-state index contributed by atoms with van der Waals surface area (Å²) in [5, 5.41) is 14.8. The molecule has 0 heterocycles. The Morgan fingerprint density at radius 3 is 2.43 bits per heavy atom. The van der Waals surface area contributed by atoms with Gasteiger partial charge in [-0.2, -0.15) is 0 Å². The van der Waals surface area contributed by atoms with Gasteiger partial charge in [-0.25, -0.2) is 0 Å². The minimum Gasteiger partial charge on any atom is -0.497 e. The predicted molar refractivity (Wildman–Crippen MR) is 136 cm³/mol. The molecule has 0 bridgehead atoms. The first-order valence-corrected chi connectivity index (χ1v) is 12.2. The number of rotatable bonds is 10.